The Morgan fingerprint density at radius 3 is 2.32 bits per heavy atom. The average Bonchev–Trinajstić information content (AvgIpc) is 2.89. The summed E-state index contributed by atoms with van der Waals surface area (Å²) in [6.07, 6.45) is 5.23. The van der Waals surface area contributed by atoms with E-state index in [0.29, 0.717) is 12.2 Å². The SMILES string of the molecule is O=C(COC(=O)c1cccnc1Oc1cccnc1)NC(Cc1ccccc1)c1ccccc1. The summed E-state index contributed by atoms with van der Waals surface area (Å²) in [6, 6.07) is 25.8. The van der Waals surface area contributed by atoms with Gasteiger partial charge in [0.25, 0.3) is 5.91 Å². The lowest BCUT2D eigenvalue weighted by atomic mass is 9.99. The van der Waals surface area contributed by atoms with Crippen molar-refractivity contribution in [3.05, 3.63) is 120 Å². The van der Waals surface area contributed by atoms with Crippen molar-refractivity contribution in [2.24, 2.45) is 0 Å². The summed E-state index contributed by atoms with van der Waals surface area (Å²) in [6.45, 7) is -0.432. The molecule has 2 heterocycles. The van der Waals surface area contributed by atoms with Crippen LogP contribution in [0, 0.1) is 0 Å². The molecule has 0 fully saturated rings. The van der Waals surface area contributed by atoms with Gasteiger partial charge >= 0.3 is 5.97 Å². The minimum atomic E-state index is -0.707. The normalized spacial score (nSPS) is 11.3. The largest absolute Gasteiger partial charge is 0.452 e. The molecule has 4 rings (SSSR count). The van der Waals surface area contributed by atoms with Gasteiger partial charge in [0.1, 0.15) is 11.3 Å². The lowest BCUT2D eigenvalue weighted by Crippen LogP contribution is -2.33. The lowest BCUT2D eigenvalue weighted by molar-refractivity contribution is -0.125. The van der Waals surface area contributed by atoms with Crippen LogP contribution in [0.2, 0.25) is 0 Å². The number of rotatable bonds is 9. The van der Waals surface area contributed by atoms with Crippen LogP contribution in [0.5, 0.6) is 11.6 Å². The topological polar surface area (TPSA) is 90.4 Å². The van der Waals surface area contributed by atoms with Gasteiger partial charge in [-0.2, -0.15) is 0 Å². The third-order valence-corrected chi connectivity index (χ3v) is 4.99. The summed E-state index contributed by atoms with van der Waals surface area (Å²) in [5, 5.41) is 2.97. The Balaban J connectivity index is 1.40. The van der Waals surface area contributed by atoms with Gasteiger partial charge in [0.05, 0.1) is 12.2 Å². The first-order chi connectivity index (χ1) is 16.7. The quantitative estimate of drug-likeness (QED) is 0.375. The molecule has 1 atom stereocenters. The summed E-state index contributed by atoms with van der Waals surface area (Å²) in [4.78, 5) is 33.4. The van der Waals surface area contributed by atoms with Crippen molar-refractivity contribution in [3.8, 4) is 11.6 Å². The average molecular weight is 453 g/mol. The first kappa shape index (κ1) is 22.7. The Hall–Kier alpha value is -4.52. The molecule has 0 spiro atoms. The van der Waals surface area contributed by atoms with Crippen LogP contribution in [0.15, 0.2) is 104 Å². The molecule has 0 saturated heterocycles. The van der Waals surface area contributed by atoms with E-state index in [4.69, 9.17) is 9.47 Å². The van der Waals surface area contributed by atoms with E-state index in [9.17, 15) is 9.59 Å². The highest BCUT2D eigenvalue weighted by Crippen LogP contribution is 2.23. The molecule has 34 heavy (non-hydrogen) atoms. The molecule has 1 amide bonds. The maximum absolute atomic E-state index is 12.7. The number of nitrogens with one attached hydrogen (secondary N) is 1. The van der Waals surface area contributed by atoms with E-state index >= 15 is 0 Å². The Bertz CT molecular complexity index is 1220. The Morgan fingerprint density at radius 1 is 0.853 bits per heavy atom. The lowest BCUT2D eigenvalue weighted by Gasteiger charge is -2.19. The van der Waals surface area contributed by atoms with Crippen LogP contribution >= 0.6 is 0 Å². The van der Waals surface area contributed by atoms with Crippen LogP contribution in [-0.2, 0) is 16.0 Å². The predicted molar refractivity (Wildman–Crippen MR) is 126 cm³/mol. The van der Waals surface area contributed by atoms with Crippen molar-refractivity contribution in [2.75, 3.05) is 6.61 Å². The van der Waals surface area contributed by atoms with Crippen LogP contribution < -0.4 is 10.1 Å². The molecule has 0 saturated carbocycles. The smallest absolute Gasteiger partial charge is 0.344 e. The number of nitrogens with zero attached hydrogens (tertiary/aromatic N) is 2. The Kier molecular flexibility index (Phi) is 7.58. The van der Waals surface area contributed by atoms with E-state index in [2.05, 4.69) is 15.3 Å². The van der Waals surface area contributed by atoms with E-state index in [1.807, 2.05) is 60.7 Å². The second-order valence-electron chi connectivity index (χ2n) is 7.44. The van der Waals surface area contributed by atoms with Crippen molar-refractivity contribution < 1.29 is 19.1 Å². The molecule has 0 bridgehead atoms. The van der Waals surface area contributed by atoms with Crippen molar-refractivity contribution in [1.29, 1.82) is 0 Å². The molecular weight excluding hydrogens is 430 g/mol. The molecule has 7 nitrogen and oxygen atoms in total. The maximum atomic E-state index is 12.7. The zero-order valence-corrected chi connectivity index (χ0v) is 18.3. The minimum Gasteiger partial charge on any atom is -0.452 e. The van der Waals surface area contributed by atoms with E-state index < -0.39 is 18.5 Å². The van der Waals surface area contributed by atoms with E-state index in [-0.39, 0.29) is 17.5 Å². The van der Waals surface area contributed by atoms with Gasteiger partial charge in [-0.05, 0) is 41.8 Å². The summed E-state index contributed by atoms with van der Waals surface area (Å²) in [5.41, 5.74) is 2.16. The third-order valence-electron chi connectivity index (χ3n) is 4.99. The molecule has 0 radical (unpaired) electrons. The molecule has 170 valence electrons. The second kappa shape index (κ2) is 11.4. The van der Waals surface area contributed by atoms with Gasteiger partial charge < -0.3 is 14.8 Å². The number of carbonyl (C=O) groups excluding carboxylic acids is 2. The molecule has 0 aliphatic heterocycles. The highest BCUT2D eigenvalue weighted by molar-refractivity contribution is 5.93. The number of carbonyl (C=O) groups is 2. The van der Waals surface area contributed by atoms with Crippen LogP contribution in [-0.4, -0.2) is 28.5 Å². The molecule has 4 aromatic rings. The molecule has 0 aliphatic carbocycles. The number of aromatic nitrogens is 2. The highest BCUT2D eigenvalue weighted by atomic mass is 16.5. The number of hydrogen-bond acceptors (Lipinski definition) is 6. The molecule has 7 heteroatoms. The van der Waals surface area contributed by atoms with Gasteiger partial charge in [-0.1, -0.05) is 60.7 Å². The summed E-state index contributed by atoms with van der Waals surface area (Å²) < 4.78 is 10.9. The minimum absolute atomic E-state index is 0.0761. The van der Waals surface area contributed by atoms with Crippen LogP contribution in [0.4, 0.5) is 0 Å². The van der Waals surface area contributed by atoms with Crippen molar-refractivity contribution >= 4 is 11.9 Å². The monoisotopic (exact) mass is 453 g/mol. The summed E-state index contributed by atoms with van der Waals surface area (Å²) in [7, 11) is 0. The zero-order valence-electron chi connectivity index (χ0n) is 18.3. The number of pyridine rings is 2. The van der Waals surface area contributed by atoms with Crippen LogP contribution in [0.25, 0.3) is 0 Å². The fraction of sp³-hybridized carbons (Fsp3) is 0.111. The van der Waals surface area contributed by atoms with Crippen molar-refractivity contribution in [2.45, 2.75) is 12.5 Å². The van der Waals surface area contributed by atoms with E-state index in [1.54, 1.807) is 24.4 Å². The number of esters is 1. The van der Waals surface area contributed by atoms with Gasteiger partial charge in [0.15, 0.2) is 6.61 Å². The maximum Gasteiger partial charge on any atom is 0.344 e. The van der Waals surface area contributed by atoms with Gasteiger partial charge in [0, 0.05) is 12.4 Å². The standard InChI is InChI=1S/C27H23N3O4/c31-25(30-24(21-11-5-2-6-12-21)17-20-9-3-1-4-10-20)19-33-27(32)23-14-8-16-29-26(23)34-22-13-7-15-28-18-22/h1-16,18,24H,17,19H2,(H,30,31). The highest BCUT2D eigenvalue weighted by Gasteiger charge is 2.19. The fourth-order valence-corrected chi connectivity index (χ4v) is 3.38. The van der Waals surface area contributed by atoms with Gasteiger partial charge in [-0.15, -0.1) is 0 Å². The molecule has 1 unspecified atom stereocenters. The number of ether oxygens (including phenoxy) is 2. The molecule has 0 aliphatic rings. The van der Waals surface area contributed by atoms with Gasteiger partial charge in [-0.3, -0.25) is 9.78 Å². The van der Waals surface area contributed by atoms with Gasteiger partial charge in [0.2, 0.25) is 5.88 Å². The summed E-state index contributed by atoms with van der Waals surface area (Å²) in [5.74, 6) is -0.607. The number of benzene rings is 2. The van der Waals surface area contributed by atoms with E-state index in [1.165, 1.54) is 18.5 Å². The third kappa shape index (κ3) is 6.26. The molecule has 2 aromatic carbocycles. The Labute approximate surface area is 197 Å². The van der Waals surface area contributed by atoms with Crippen molar-refractivity contribution in [3.63, 3.8) is 0 Å². The first-order valence-electron chi connectivity index (χ1n) is 10.8. The zero-order chi connectivity index (χ0) is 23.6. The summed E-state index contributed by atoms with van der Waals surface area (Å²) >= 11 is 0. The van der Waals surface area contributed by atoms with Crippen LogP contribution in [0.3, 0.4) is 0 Å². The number of hydrogen-bond donors (Lipinski definition) is 1. The van der Waals surface area contributed by atoms with Crippen molar-refractivity contribution in [1.82, 2.24) is 15.3 Å². The molecular formula is C27H23N3O4. The van der Waals surface area contributed by atoms with Crippen LogP contribution in [0.1, 0.15) is 27.5 Å². The Morgan fingerprint density at radius 2 is 1.59 bits per heavy atom. The fourth-order valence-electron chi connectivity index (χ4n) is 3.38. The van der Waals surface area contributed by atoms with Gasteiger partial charge in [-0.25, -0.2) is 9.78 Å². The number of amides is 1. The first-order valence-corrected chi connectivity index (χ1v) is 10.8. The predicted octanol–water partition coefficient (Wildman–Crippen LogP) is 4.53. The molecule has 2 aromatic heterocycles. The van der Waals surface area contributed by atoms with E-state index in [0.717, 1.165) is 11.1 Å². The molecule has 1 N–H and O–H groups in total. The second-order valence-corrected chi connectivity index (χ2v) is 7.44.